The number of ether oxygens (including phenoxy) is 1. The summed E-state index contributed by atoms with van der Waals surface area (Å²) in [5, 5.41) is 80.8. The van der Waals surface area contributed by atoms with Crippen LogP contribution in [0.15, 0.2) is 83.2 Å². The fraction of sp³-hybridized carbons (Fsp3) is 0.507. The van der Waals surface area contributed by atoms with E-state index in [9.17, 15) is 62.5 Å². The minimum atomic E-state index is -1.62. The molecule has 3 aromatic rings. The average Bonchev–Trinajstić information content (AvgIpc) is 1.68. The van der Waals surface area contributed by atoms with Crippen molar-refractivity contribution in [2.75, 3.05) is 59.2 Å². The quantitative estimate of drug-likeness (QED) is 0.00572. The van der Waals surface area contributed by atoms with Gasteiger partial charge in [0.15, 0.2) is 45.4 Å². The number of carbonyl (C=O) groups is 10. The third kappa shape index (κ3) is 48.3. The molecule has 7 rings (SSSR count). The predicted molar refractivity (Wildman–Crippen MR) is 452 cm³/mol. The summed E-state index contributed by atoms with van der Waals surface area (Å²) >= 11 is 23.2. The van der Waals surface area contributed by atoms with Crippen molar-refractivity contribution in [1.29, 1.82) is 0 Å². The van der Waals surface area contributed by atoms with Crippen LogP contribution in [0.3, 0.4) is 0 Å². The molecule has 0 bridgehead atoms. The fourth-order valence-electron chi connectivity index (χ4n) is 8.11. The summed E-state index contributed by atoms with van der Waals surface area (Å²) in [6.45, 7) is 45.3. The van der Waals surface area contributed by atoms with Crippen LogP contribution >= 0.6 is 121 Å². The molecule has 4 heterocycles. The van der Waals surface area contributed by atoms with E-state index in [1.165, 1.54) is 32.6 Å². The molecule has 0 aromatic heterocycles. The maximum absolute atomic E-state index is 11.9. The number of aliphatic hydroxyl groups is 4. The monoisotopic (exact) mass is 2010 g/mol. The first kappa shape index (κ1) is 120. The van der Waals surface area contributed by atoms with Crippen molar-refractivity contribution in [2.45, 2.75) is 174 Å². The van der Waals surface area contributed by atoms with Gasteiger partial charge < -0.3 is 83.1 Å². The number of nitrogens with one attached hydrogen (secondary N) is 1. The number of esters is 1. The van der Waals surface area contributed by atoms with Crippen LogP contribution in [-0.2, 0) is 65.5 Å². The number of halogens is 8. The van der Waals surface area contributed by atoms with Gasteiger partial charge in [0.05, 0.1) is 33.6 Å². The van der Waals surface area contributed by atoms with Crippen molar-refractivity contribution >= 4 is 210 Å². The van der Waals surface area contributed by atoms with Gasteiger partial charge in [-0.3, -0.25) is 33.2 Å². The van der Waals surface area contributed by atoms with Gasteiger partial charge in [-0.25, -0.2) is 33.7 Å². The van der Waals surface area contributed by atoms with E-state index in [1.54, 1.807) is 68.1 Å². The summed E-state index contributed by atoms with van der Waals surface area (Å²) < 4.78 is 23.4. The van der Waals surface area contributed by atoms with E-state index in [0.717, 1.165) is 66.5 Å². The first-order valence-corrected chi connectivity index (χ1v) is 38.1. The molecule has 41 heteroatoms. The number of cyclic esters (lactones) is 1. The molecule has 1 radical (unpaired) electrons. The van der Waals surface area contributed by atoms with Gasteiger partial charge in [0.2, 0.25) is 11.1 Å². The molecule has 8 atom stereocenters. The Bertz CT molecular complexity index is 3570. The molecule has 2 amide bonds. The molecule has 30 nitrogen and oxygen atoms in total. The number of morpholine rings is 1. The Balaban J connectivity index is -0.000000183. The van der Waals surface area contributed by atoms with E-state index in [2.05, 4.69) is 143 Å². The number of carboxylic acid groups (broad SMARTS) is 4. The molecule has 621 valence electrons. The Morgan fingerprint density at radius 2 is 1.09 bits per heavy atom. The van der Waals surface area contributed by atoms with Crippen LogP contribution in [0.1, 0.15) is 124 Å². The number of carbonyl (C=O) groups excluding carboxylic acids is 6. The van der Waals surface area contributed by atoms with Gasteiger partial charge in [0.25, 0.3) is 5.91 Å². The summed E-state index contributed by atoms with van der Waals surface area (Å²) in [6, 6.07) is 14.6. The molecule has 1 unspecified atom stereocenters. The Morgan fingerprint density at radius 1 is 0.732 bits per heavy atom. The van der Waals surface area contributed by atoms with E-state index >= 15 is 0 Å². The van der Waals surface area contributed by atoms with Crippen LogP contribution < -0.4 is 46.5 Å². The Morgan fingerprint density at radius 3 is 1.35 bits per heavy atom. The van der Waals surface area contributed by atoms with Gasteiger partial charge in [0.1, 0.15) is 29.3 Å². The number of nitrogens with zero attached hydrogens (tertiary/aromatic N) is 7. The number of rotatable bonds is 17. The third-order valence-corrected chi connectivity index (χ3v) is 20.4. The number of alkyl halides is 6. The van der Waals surface area contributed by atoms with Crippen LogP contribution in [0.2, 0.25) is 0 Å². The number of nitrogens with two attached hydrogens (primary N) is 2. The number of thiol groups is 1. The molecule has 4 fully saturated rings. The molecule has 4 saturated heterocycles. The number of aryl methyl sites for hydroxylation is 3. The summed E-state index contributed by atoms with van der Waals surface area (Å²) in [7, 11) is 3.34. The number of benzene rings is 3. The number of aliphatic carboxylic acids is 4. The number of amides is 2. The zero-order chi connectivity index (χ0) is 86.8. The number of Topliss-reactive ketones (excluding diaryl/α,β-unsaturated/α-hetero) is 2. The first-order valence-electron chi connectivity index (χ1n) is 32.5. The first-order chi connectivity index (χ1) is 50.9. The number of hydrogen-bond donors (Lipinski definition) is 13. The maximum Gasteiger partial charge on any atom is 1.00 e. The van der Waals surface area contributed by atoms with Crippen molar-refractivity contribution < 1.29 is 134 Å². The molecular weight excluding hydrogens is 1910 g/mol. The maximum atomic E-state index is 11.9. The number of nitrogen functional groups attached to an aromatic ring is 1. The molecule has 112 heavy (non-hydrogen) atoms. The zero-order valence-corrected chi connectivity index (χ0v) is 76.5. The molecule has 14 N–H and O–H groups in total. The van der Waals surface area contributed by atoms with Crippen LogP contribution in [0.4, 0.5) is 27.1 Å². The van der Waals surface area contributed by atoms with Gasteiger partial charge in [0, 0.05) is 64.1 Å². The van der Waals surface area contributed by atoms with Crippen molar-refractivity contribution in [3.8, 4) is 0 Å². The molecule has 4 aliphatic heterocycles. The van der Waals surface area contributed by atoms with E-state index in [1.807, 2.05) is 38.5 Å². The van der Waals surface area contributed by atoms with Gasteiger partial charge in [-0.15, -0.1) is 17.0 Å². The number of ketones is 2. The molecule has 3 aromatic carbocycles. The number of anilines is 1. The molecule has 0 saturated carbocycles. The SMILES string of the molecule is Br.C.C=C(C)C(=O)Cl.C=C(C)C(=O)N1CCC[C@@H]1C(=O)O.C[C@@]1(CBr)OC(=O)C2CCCN2C1=O.C[C@](O)(CBr)C(=O)O.C[C@](O)(CBr)C(=O)O.N[N-]O.O=C(O)[C@H]1CCCN1.[2H]CF.[B]=NS.[C-]#[N+]c1ccc(CC(=O)[C@@](C)(O)CBr)cc1C.[C-]#[N+]c1ccc(CC(=O)[C@@](C)(O)CBr)cc1C.[C-]#[N+]c1ccc(N)cc1C.[Na+]. The van der Waals surface area contributed by atoms with Crippen LogP contribution in [0.25, 0.3) is 20.1 Å². The normalized spacial score (nSPS) is 17.5. The number of carboxylic acids is 4. The van der Waals surface area contributed by atoms with Crippen LogP contribution in [0.5, 0.6) is 0 Å². The smallest absolute Gasteiger partial charge is 0.399 e. The summed E-state index contributed by atoms with van der Waals surface area (Å²) in [5.74, 6) is -1.09. The van der Waals surface area contributed by atoms with E-state index < -0.39 is 70.3 Å². The molecular formula is C71H101BBr6ClFN10NaO20S. The van der Waals surface area contributed by atoms with E-state index in [-0.39, 0.29) is 130 Å². The number of fused-ring (bicyclic) bond motifs is 1. The fourth-order valence-corrected chi connectivity index (χ4v) is 9.57. The number of allylic oxidation sites excluding steroid dienone is 1. The topological polar surface area (TPSA) is 472 Å². The number of hydrogen-bond acceptors (Lipinski definition) is 21. The second-order valence-corrected chi connectivity index (χ2v) is 27.9. The van der Waals surface area contributed by atoms with Crippen molar-refractivity contribution in [3.63, 3.8) is 0 Å². The predicted octanol–water partition coefficient (Wildman–Crippen LogP) is 9.26. The summed E-state index contributed by atoms with van der Waals surface area (Å²) in [5.41, 5.74) is 8.18. The average molecular weight is 2020 g/mol. The number of likely N-dealkylation sites (tertiary alicyclic amines) is 1. The zero-order valence-electron chi connectivity index (χ0n) is 64.2. The van der Waals surface area contributed by atoms with Gasteiger partial charge in [-0.2, -0.15) is 0 Å². The molecule has 0 spiro atoms. The largest absolute Gasteiger partial charge is 1.00 e. The van der Waals surface area contributed by atoms with E-state index in [0.29, 0.717) is 58.7 Å². The van der Waals surface area contributed by atoms with Gasteiger partial charge >= 0.3 is 84.2 Å². The van der Waals surface area contributed by atoms with Crippen molar-refractivity contribution in [1.82, 2.24) is 15.1 Å². The van der Waals surface area contributed by atoms with Gasteiger partial charge in [-0.1, -0.05) is 143 Å². The van der Waals surface area contributed by atoms with Crippen LogP contribution in [0, 0.1) is 40.5 Å². The summed E-state index contributed by atoms with van der Waals surface area (Å²) in [6.07, 6.45) is 5.08. The van der Waals surface area contributed by atoms with E-state index in [4.69, 9.17) is 79.0 Å². The molecule has 4 aliphatic rings. The Labute approximate surface area is 742 Å². The standard InChI is InChI=1S/2C13H14BrNO2.C9H12BrNO3.C9H13NO3.C8H8N2.C5H9NO2.2C4H7BrO3.C4H5ClO.CH3F.CH4.BHNS.BrH.H3N2O.Na/c2*1-9-6-10(4-5-11(9)15-3)7-12(16)13(2,17)8-14;1-9(5-10)8(13)11-4-2-3-6(11)7(12)14-9;1-6(2)8(11)10-5-3-4-7(10)9(12)13;1-6-5-7(9)3-4-8(6)10-2;7-5(8)4-2-1-3-6-4;2*1-4(8,2-5)3(6)7;1-3(2)4(5)6;1-2;;1-2-3;;1-2-3;/h2*4-6,17H,7-8H2,1-2H3;6H,2-5H2,1H3;7H,1,3-5H2,2H3,(H,12,13);3-5H,9H2,1H3;4,6H,1-3H2,(H,7,8);2*8H,2H2,1H3,(H,6,7);1H2,2H3;1H3;1H4;3H;1H;3H,1H2;/q;;;;;;;;;;;;;-1;+1/t2*13-;6?,9-;7-;;3*4-;;;;;;;/m0001.100......./s1/i;;;;;;;;;1D;;;;;. The summed E-state index contributed by atoms with van der Waals surface area (Å²) in [4.78, 5) is 122. The Hall–Kier alpha value is -5.30. The third-order valence-electron chi connectivity index (χ3n) is 14.7. The Kier molecular flexibility index (Phi) is 68.4. The molecule has 0 aliphatic carbocycles. The van der Waals surface area contributed by atoms with Crippen molar-refractivity contribution in [2.24, 2.45) is 10.1 Å². The minimum absolute atomic E-state index is 0. The second-order valence-electron chi connectivity index (χ2n) is 24.6. The van der Waals surface area contributed by atoms with Gasteiger partial charge in [-0.05, 0) is 166 Å². The minimum Gasteiger partial charge on any atom is -0.399 e. The van der Waals surface area contributed by atoms with Crippen molar-refractivity contribution in [3.05, 3.63) is 147 Å². The van der Waals surface area contributed by atoms with Crippen LogP contribution in [-0.4, -0.2) is 222 Å². The second kappa shape index (κ2) is 63.9.